The number of amides is 4. The summed E-state index contributed by atoms with van der Waals surface area (Å²) < 4.78 is 0. The smallest absolute Gasteiger partial charge is 0.322 e. The van der Waals surface area contributed by atoms with Crippen LogP contribution in [-0.2, 0) is 16.1 Å². The fraction of sp³-hybridized carbons (Fsp3) is 0.286. The topological polar surface area (TPSA) is 100 Å². The molecule has 0 aromatic carbocycles. The fourth-order valence-corrected chi connectivity index (χ4v) is 3.76. The van der Waals surface area contributed by atoms with E-state index in [0.717, 1.165) is 15.6 Å². The van der Waals surface area contributed by atoms with Gasteiger partial charge in [-0.25, -0.2) is 9.78 Å². The summed E-state index contributed by atoms with van der Waals surface area (Å²) in [5.74, 6) is -0.696. The second-order valence-electron chi connectivity index (χ2n) is 4.95. The zero-order valence-electron chi connectivity index (χ0n) is 12.0. The van der Waals surface area contributed by atoms with Crippen LogP contribution in [0.3, 0.4) is 0 Å². The number of thiazole rings is 1. The van der Waals surface area contributed by atoms with Gasteiger partial charge in [0.1, 0.15) is 11.0 Å². The van der Waals surface area contributed by atoms with Gasteiger partial charge >= 0.3 is 6.03 Å². The third-order valence-corrected chi connectivity index (χ3v) is 5.19. The first kappa shape index (κ1) is 15.6. The van der Waals surface area contributed by atoms with Crippen LogP contribution in [0.25, 0.3) is 9.88 Å². The molecule has 7 nitrogen and oxygen atoms in total. The van der Waals surface area contributed by atoms with Crippen molar-refractivity contribution in [3.05, 3.63) is 28.6 Å². The van der Waals surface area contributed by atoms with Gasteiger partial charge in [0.25, 0.3) is 0 Å². The molecule has 2 aromatic rings. The van der Waals surface area contributed by atoms with Crippen LogP contribution in [0, 0.1) is 0 Å². The Hall–Kier alpha value is -2.26. The van der Waals surface area contributed by atoms with Gasteiger partial charge in [-0.15, -0.1) is 22.7 Å². The Labute approximate surface area is 140 Å². The standard InChI is InChI=1S/C14H14N4O3S2/c19-11-4-3-9(17-14(21)18-11)12(20)15-6-8-7-23-13(16-8)10-2-1-5-22-10/h1-2,5,7,9H,3-4,6H2,(H,15,20)(H2,17,18,19,21)/t9-/m0/s1. The second kappa shape index (κ2) is 6.88. The summed E-state index contributed by atoms with van der Waals surface area (Å²) in [5.41, 5.74) is 0.765. The maximum Gasteiger partial charge on any atom is 0.322 e. The van der Waals surface area contributed by atoms with Crippen molar-refractivity contribution < 1.29 is 14.4 Å². The lowest BCUT2D eigenvalue weighted by atomic mass is 10.1. The largest absolute Gasteiger partial charge is 0.349 e. The van der Waals surface area contributed by atoms with Crippen molar-refractivity contribution in [2.45, 2.75) is 25.4 Å². The predicted octanol–water partition coefficient (Wildman–Crippen LogP) is 1.48. The third kappa shape index (κ3) is 3.93. The van der Waals surface area contributed by atoms with Gasteiger partial charge < -0.3 is 10.6 Å². The van der Waals surface area contributed by atoms with Crippen molar-refractivity contribution in [3.63, 3.8) is 0 Å². The molecule has 3 rings (SSSR count). The summed E-state index contributed by atoms with van der Waals surface area (Å²) >= 11 is 3.14. The highest BCUT2D eigenvalue weighted by Crippen LogP contribution is 2.27. The molecule has 9 heteroatoms. The number of hydrogen-bond acceptors (Lipinski definition) is 6. The van der Waals surface area contributed by atoms with E-state index in [2.05, 4.69) is 20.9 Å². The molecule has 0 aliphatic carbocycles. The maximum absolute atomic E-state index is 12.1. The van der Waals surface area contributed by atoms with Crippen LogP contribution in [0.2, 0.25) is 0 Å². The molecule has 1 aliphatic heterocycles. The number of nitrogens with one attached hydrogen (secondary N) is 3. The lowest BCUT2D eigenvalue weighted by molar-refractivity contribution is -0.123. The number of imide groups is 1. The van der Waals surface area contributed by atoms with E-state index in [4.69, 9.17) is 0 Å². The molecule has 120 valence electrons. The molecule has 0 spiro atoms. The lowest BCUT2D eigenvalue weighted by Gasteiger charge is -2.14. The molecule has 1 saturated heterocycles. The van der Waals surface area contributed by atoms with E-state index in [-0.39, 0.29) is 31.2 Å². The van der Waals surface area contributed by atoms with E-state index in [9.17, 15) is 14.4 Å². The van der Waals surface area contributed by atoms with E-state index < -0.39 is 12.1 Å². The molecule has 2 aromatic heterocycles. The number of carbonyl (C=O) groups excluding carboxylic acids is 3. The van der Waals surface area contributed by atoms with Crippen LogP contribution in [0.1, 0.15) is 18.5 Å². The first-order valence-corrected chi connectivity index (χ1v) is 8.74. The number of rotatable bonds is 4. The molecular formula is C14H14N4O3S2. The van der Waals surface area contributed by atoms with Crippen molar-refractivity contribution >= 4 is 40.5 Å². The Morgan fingerprint density at radius 1 is 1.39 bits per heavy atom. The van der Waals surface area contributed by atoms with Crippen molar-refractivity contribution in [2.75, 3.05) is 0 Å². The summed E-state index contributed by atoms with van der Waals surface area (Å²) in [5, 5.41) is 12.2. The third-order valence-electron chi connectivity index (χ3n) is 3.26. The van der Waals surface area contributed by atoms with E-state index in [1.54, 1.807) is 11.3 Å². The summed E-state index contributed by atoms with van der Waals surface area (Å²) in [4.78, 5) is 40.3. The number of thiophene rings is 1. The fourth-order valence-electron chi connectivity index (χ4n) is 2.13. The highest BCUT2D eigenvalue weighted by Gasteiger charge is 2.25. The van der Waals surface area contributed by atoms with Crippen molar-refractivity contribution in [1.29, 1.82) is 0 Å². The Kier molecular flexibility index (Phi) is 4.68. The minimum absolute atomic E-state index is 0.135. The van der Waals surface area contributed by atoms with Gasteiger partial charge in [-0.3, -0.25) is 14.9 Å². The second-order valence-corrected chi connectivity index (χ2v) is 6.76. The minimum atomic E-state index is -0.711. The highest BCUT2D eigenvalue weighted by atomic mass is 32.1. The SMILES string of the molecule is O=C1CC[C@@H](C(=O)NCc2csc(-c3cccs3)n2)NC(=O)N1. The van der Waals surface area contributed by atoms with Gasteiger partial charge in [0, 0.05) is 11.8 Å². The van der Waals surface area contributed by atoms with E-state index >= 15 is 0 Å². The van der Waals surface area contributed by atoms with Crippen molar-refractivity contribution in [2.24, 2.45) is 0 Å². The van der Waals surface area contributed by atoms with Gasteiger partial charge in [0.05, 0.1) is 17.1 Å². The number of urea groups is 1. The monoisotopic (exact) mass is 350 g/mol. The Morgan fingerprint density at radius 3 is 3.04 bits per heavy atom. The molecule has 0 saturated carbocycles. The van der Waals surface area contributed by atoms with Gasteiger partial charge in [-0.05, 0) is 17.9 Å². The molecular weight excluding hydrogens is 336 g/mol. The normalized spacial score (nSPS) is 18.0. The number of aromatic nitrogens is 1. The molecule has 1 atom stereocenters. The highest BCUT2D eigenvalue weighted by molar-refractivity contribution is 7.20. The molecule has 0 unspecified atom stereocenters. The Bertz CT molecular complexity index is 726. The quantitative estimate of drug-likeness (QED) is 0.777. The van der Waals surface area contributed by atoms with Gasteiger partial charge in [0.15, 0.2) is 0 Å². The average molecular weight is 350 g/mol. The van der Waals surface area contributed by atoms with Crippen LogP contribution in [0.15, 0.2) is 22.9 Å². The van der Waals surface area contributed by atoms with E-state index in [0.29, 0.717) is 0 Å². The number of carbonyl (C=O) groups is 3. The van der Waals surface area contributed by atoms with Gasteiger partial charge in [-0.1, -0.05) is 6.07 Å². The van der Waals surface area contributed by atoms with Crippen molar-refractivity contribution in [3.8, 4) is 9.88 Å². The van der Waals surface area contributed by atoms with Gasteiger partial charge in [0.2, 0.25) is 11.8 Å². The molecule has 3 N–H and O–H groups in total. The van der Waals surface area contributed by atoms with Crippen LogP contribution in [-0.4, -0.2) is 28.9 Å². The summed E-state index contributed by atoms with van der Waals surface area (Å²) in [6, 6.07) is 2.61. The Balaban J connectivity index is 1.56. The van der Waals surface area contributed by atoms with Gasteiger partial charge in [-0.2, -0.15) is 0 Å². The molecule has 0 radical (unpaired) electrons. The van der Waals surface area contributed by atoms with E-state index in [1.165, 1.54) is 11.3 Å². The minimum Gasteiger partial charge on any atom is -0.349 e. The summed E-state index contributed by atoms with van der Waals surface area (Å²) in [6.07, 6.45) is 0.414. The van der Waals surface area contributed by atoms with Crippen LogP contribution >= 0.6 is 22.7 Å². The molecule has 3 heterocycles. The first-order valence-electron chi connectivity index (χ1n) is 6.98. The zero-order valence-corrected chi connectivity index (χ0v) is 13.6. The van der Waals surface area contributed by atoms with Crippen LogP contribution in [0.5, 0.6) is 0 Å². The molecule has 0 bridgehead atoms. The van der Waals surface area contributed by atoms with Crippen LogP contribution < -0.4 is 16.0 Å². The summed E-state index contributed by atoms with van der Waals surface area (Å²) in [7, 11) is 0. The Morgan fingerprint density at radius 2 is 2.26 bits per heavy atom. The number of nitrogens with zero attached hydrogens (tertiary/aromatic N) is 1. The van der Waals surface area contributed by atoms with Crippen molar-refractivity contribution in [1.82, 2.24) is 20.9 Å². The maximum atomic E-state index is 12.1. The molecule has 23 heavy (non-hydrogen) atoms. The molecule has 1 aliphatic rings. The predicted molar refractivity (Wildman–Crippen MR) is 87.0 cm³/mol. The first-order chi connectivity index (χ1) is 11.1. The average Bonchev–Trinajstić information content (AvgIpc) is 3.16. The zero-order chi connectivity index (χ0) is 16.2. The number of hydrogen-bond donors (Lipinski definition) is 3. The summed E-state index contributed by atoms with van der Waals surface area (Å²) in [6.45, 7) is 0.286. The van der Waals surface area contributed by atoms with E-state index in [1.807, 2.05) is 22.9 Å². The lowest BCUT2D eigenvalue weighted by Crippen LogP contribution is -2.48. The molecule has 4 amide bonds. The molecule has 1 fully saturated rings. The van der Waals surface area contributed by atoms with Crippen LogP contribution in [0.4, 0.5) is 4.79 Å².